The van der Waals surface area contributed by atoms with Crippen molar-refractivity contribution in [1.29, 1.82) is 0 Å². The van der Waals surface area contributed by atoms with Gasteiger partial charge in [0.05, 0.1) is 22.0 Å². The second-order valence-electron chi connectivity index (χ2n) is 6.41. The third-order valence-corrected chi connectivity index (χ3v) is 5.53. The molecule has 30 heavy (non-hydrogen) atoms. The van der Waals surface area contributed by atoms with E-state index in [-0.39, 0.29) is 12.1 Å². The molecule has 0 aliphatic heterocycles. The first-order valence-corrected chi connectivity index (χ1v) is 9.83. The number of hydrogen-bond acceptors (Lipinski definition) is 8. The smallest absolute Gasteiger partial charge is 0.316 e. The van der Waals surface area contributed by atoms with Crippen molar-refractivity contribution < 1.29 is 9.13 Å². The van der Waals surface area contributed by atoms with Gasteiger partial charge in [0.25, 0.3) is 0 Å². The molecule has 0 fully saturated rings. The lowest BCUT2D eigenvalue weighted by Gasteiger charge is -2.05. The highest BCUT2D eigenvalue weighted by molar-refractivity contribution is 7.15. The van der Waals surface area contributed by atoms with Gasteiger partial charge >= 0.3 is 6.01 Å². The minimum absolute atomic E-state index is 0.267. The van der Waals surface area contributed by atoms with Gasteiger partial charge in [0, 0.05) is 18.0 Å². The molecule has 0 bridgehead atoms. The molecule has 0 unspecified atom stereocenters. The molecule has 1 N–H and O–H groups in total. The van der Waals surface area contributed by atoms with E-state index in [2.05, 4.69) is 30.4 Å². The van der Waals surface area contributed by atoms with E-state index < -0.39 is 5.82 Å². The number of hydrogen-bond donors (Lipinski definition) is 1. The number of nitrogens with one attached hydrogen (secondary N) is 1. The zero-order valence-electron chi connectivity index (χ0n) is 15.7. The SMILES string of the molecule is Cc1nc(COc2ncccn2)sc1-c1cccc(-c2cc(F)c3[nH]nnc3c2)n1. The van der Waals surface area contributed by atoms with Crippen LogP contribution in [0.25, 0.3) is 32.9 Å². The first kappa shape index (κ1) is 18.3. The van der Waals surface area contributed by atoms with Gasteiger partial charge in [-0.05, 0) is 37.3 Å². The summed E-state index contributed by atoms with van der Waals surface area (Å²) in [5.41, 5.74) is 3.59. The Morgan fingerprint density at radius 2 is 1.90 bits per heavy atom. The summed E-state index contributed by atoms with van der Waals surface area (Å²) in [6, 6.07) is 10.8. The standard InChI is InChI=1S/C20H14FN7OS/c1-11-19(30-17(24-11)10-29-20-22-6-3-7-23-20)15-5-2-4-14(25-15)12-8-13(21)18-16(9-12)26-28-27-18/h2-9H,10H2,1H3,(H,26,27,28). The van der Waals surface area contributed by atoms with E-state index in [1.165, 1.54) is 17.4 Å². The number of nitrogens with zero attached hydrogens (tertiary/aromatic N) is 6. The molecule has 5 rings (SSSR count). The van der Waals surface area contributed by atoms with Crippen molar-refractivity contribution in [2.45, 2.75) is 13.5 Å². The van der Waals surface area contributed by atoms with E-state index in [9.17, 15) is 4.39 Å². The number of ether oxygens (including phenoxy) is 1. The lowest BCUT2D eigenvalue weighted by atomic mass is 10.1. The molecule has 4 heterocycles. The van der Waals surface area contributed by atoms with Crippen LogP contribution in [0.1, 0.15) is 10.7 Å². The number of benzene rings is 1. The van der Waals surface area contributed by atoms with Crippen LogP contribution in [0.4, 0.5) is 4.39 Å². The molecule has 0 aliphatic rings. The lowest BCUT2D eigenvalue weighted by Crippen LogP contribution is -1.98. The first-order valence-electron chi connectivity index (χ1n) is 9.01. The summed E-state index contributed by atoms with van der Waals surface area (Å²) in [6.45, 7) is 2.19. The highest BCUT2D eigenvalue weighted by Crippen LogP contribution is 2.31. The van der Waals surface area contributed by atoms with Gasteiger partial charge in [-0.3, -0.25) is 5.10 Å². The molecular formula is C20H14FN7OS. The first-order chi connectivity index (χ1) is 14.7. The third kappa shape index (κ3) is 3.48. The zero-order valence-corrected chi connectivity index (χ0v) is 16.5. The van der Waals surface area contributed by atoms with Crippen LogP contribution in [0.15, 0.2) is 48.8 Å². The average molecular weight is 419 g/mol. The average Bonchev–Trinajstić information content (AvgIpc) is 3.40. The largest absolute Gasteiger partial charge is 0.456 e. The van der Waals surface area contributed by atoms with Crippen LogP contribution in [-0.4, -0.2) is 35.3 Å². The van der Waals surface area contributed by atoms with Gasteiger partial charge in [0.1, 0.15) is 22.6 Å². The molecule has 4 aromatic heterocycles. The molecule has 5 aromatic rings. The Balaban J connectivity index is 1.44. The highest BCUT2D eigenvalue weighted by Gasteiger charge is 2.14. The van der Waals surface area contributed by atoms with Gasteiger partial charge in [0.15, 0.2) is 5.82 Å². The van der Waals surface area contributed by atoms with Crippen molar-refractivity contribution in [3.8, 4) is 27.8 Å². The molecule has 0 radical (unpaired) electrons. The number of H-pyrrole nitrogens is 1. The van der Waals surface area contributed by atoms with Gasteiger partial charge in [-0.1, -0.05) is 11.3 Å². The Morgan fingerprint density at radius 3 is 2.77 bits per heavy atom. The highest BCUT2D eigenvalue weighted by atomic mass is 32.1. The Morgan fingerprint density at radius 1 is 1.07 bits per heavy atom. The second-order valence-corrected chi connectivity index (χ2v) is 7.50. The monoisotopic (exact) mass is 419 g/mol. The molecule has 0 amide bonds. The number of halogens is 1. The van der Waals surface area contributed by atoms with E-state index in [0.717, 1.165) is 21.3 Å². The predicted molar refractivity (Wildman–Crippen MR) is 109 cm³/mol. The van der Waals surface area contributed by atoms with E-state index >= 15 is 0 Å². The van der Waals surface area contributed by atoms with Crippen LogP contribution in [0.5, 0.6) is 6.01 Å². The number of pyridine rings is 1. The second kappa shape index (κ2) is 7.56. The maximum absolute atomic E-state index is 14.3. The fourth-order valence-corrected chi connectivity index (χ4v) is 3.97. The molecule has 1 aromatic carbocycles. The number of fused-ring (bicyclic) bond motifs is 1. The Kier molecular flexibility index (Phi) is 4.60. The summed E-state index contributed by atoms with van der Waals surface area (Å²) in [5, 5.41) is 10.9. The topological polar surface area (TPSA) is 102 Å². The maximum atomic E-state index is 14.3. The molecule has 148 valence electrons. The quantitative estimate of drug-likeness (QED) is 0.460. The van der Waals surface area contributed by atoms with Crippen molar-refractivity contribution in [2.75, 3.05) is 0 Å². The number of aromatic amines is 1. The lowest BCUT2D eigenvalue weighted by molar-refractivity contribution is 0.280. The summed E-state index contributed by atoms with van der Waals surface area (Å²) in [4.78, 5) is 18.3. The van der Waals surface area contributed by atoms with Crippen molar-refractivity contribution in [2.24, 2.45) is 0 Å². The zero-order chi connectivity index (χ0) is 20.5. The number of aromatic nitrogens is 7. The molecular weight excluding hydrogens is 405 g/mol. The fraction of sp³-hybridized carbons (Fsp3) is 0.100. The Bertz CT molecular complexity index is 1340. The van der Waals surface area contributed by atoms with Gasteiger partial charge in [-0.25, -0.2) is 24.3 Å². The van der Waals surface area contributed by atoms with Gasteiger partial charge in [0.2, 0.25) is 0 Å². The van der Waals surface area contributed by atoms with Crippen LogP contribution in [0.2, 0.25) is 0 Å². The van der Waals surface area contributed by atoms with Crippen molar-refractivity contribution in [1.82, 2.24) is 35.3 Å². The third-order valence-electron chi connectivity index (χ3n) is 4.37. The summed E-state index contributed by atoms with van der Waals surface area (Å²) in [5.74, 6) is -0.420. The van der Waals surface area contributed by atoms with E-state index in [1.807, 2.05) is 25.1 Å². The predicted octanol–water partition coefficient (Wildman–Crippen LogP) is 3.96. The number of rotatable bonds is 5. The minimum atomic E-state index is -0.420. The van der Waals surface area contributed by atoms with Crippen molar-refractivity contribution >= 4 is 22.4 Å². The van der Waals surface area contributed by atoms with Gasteiger partial charge < -0.3 is 4.74 Å². The van der Waals surface area contributed by atoms with Crippen LogP contribution < -0.4 is 4.74 Å². The van der Waals surface area contributed by atoms with Crippen LogP contribution in [0, 0.1) is 12.7 Å². The summed E-state index contributed by atoms with van der Waals surface area (Å²) in [6.07, 6.45) is 3.24. The normalized spacial score (nSPS) is 11.1. The molecule has 0 spiro atoms. The van der Waals surface area contributed by atoms with Gasteiger partial charge in [-0.2, -0.15) is 0 Å². The minimum Gasteiger partial charge on any atom is -0.456 e. The van der Waals surface area contributed by atoms with Crippen LogP contribution >= 0.6 is 11.3 Å². The Labute approximate surface area is 173 Å². The number of aryl methyl sites for hydroxylation is 1. The molecule has 0 atom stereocenters. The van der Waals surface area contributed by atoms with Crippen LogP contribution in [-0.2, 0) is 6.61 Å². The van der Waals surface area contributed by atoms with E-state index in [4.69, 9.17) is 9.72 Å². The van der Waals surface area contributed by atoms with Crippen molar-refractivity contribution in [3.05, 3.63) is 65.3 Å². The molecule has 0 saturated carbocycles. The van der Waals surface area contributed by atoms with Crippen molar-refractivity contribution in [3.63, 3.8) is 0 Å². The fourth-order valence-electron chi connectivity index (χ4n) is 3.02. The molecule has 8 nitrogen and oxygen atoms in total. The maximum Gasteiger partial charge on any atom is 0.316 e. The number of thiazole rings is 1. The molecule has 0 saturated heterocycles. The van der Waals surface area contributed by atoms with E-state index in [1.54, 1.807) is 24.5 Å². The summed E-state index contributed by atoms with van der Waals surface area (Å²) in [7, 11) is 0. The molecule has 0 aliphatic carbocycles. The van der Waals surface area contributed by atoms with E-state index in [0.29, 0.717) is 22.8 Å². The summed E-state index contributed by atoms with van der Waals surface area (Å²) >= 11 is 1.49. The van der Waals surface area contributed by atoms with Crippen LogP contribution in [0.3, 0.4) is 0 Å². The van der Waals surface area contributed by atoms with Gasteiger partial charge in [-0.15, -0.1) is 16.4 Å². The molecule has 10 heteroatoms. The summed E-state index contributed by atoms with van der Waals surface area (Å²) < 4.78 is 19.9. The Hall–Kier alpha value is -3.79.